The summed E-state index contributed by atoms with van der Waals surface area (Å²) in [5.41, 5.74) is 0.705. The second-order valence-electron chi connectivity index (χ2n) is 8.51. The Morgan fingerprint density at radius 2 is 2.08 bits per heavy atom. The third-order valence-corrected chi connectivity index (χ3v) is 5.86. The van der Waals surface area contributed by atoms with E-state index in [1.54, 1.807) is 6.92 Å². The Morgan fingerprint density at radius 1 is 1.46 bits per heavy atom. The summed E-state index contributed by atoms with van der Waals surface area (Å²) in [6.45, 7) is 12.3. The topological polar surface area (TPSA) is 66.8 Å². The molecule has 4 heteroatoms. The van der Waals surface area contributed by atoms with Crippen molar-refractivity contribution in [1.29, 1.82) is 0 Å². The van der Waals surface area contributed by atoms with Crippen molar-refractivity contribution in [3.8, 4) is 0 Å². The first-order chi connectivity index (χ1) is 11.0. The van der Waals surface area contributed by atoms with Crippen LogP contribution in [0.4, 0.5) is 0 Å². The molecule has 1 aliphatic carbocycles. The molecule has 1 aliphatic rings. The number of esters is 1. The highest BCUT2D eigenvalue weighted by Crippen LogP contribution is 2.46. The van der Waals surface area contributed by atoms with E-state index in [1.165, 1.54) is 25.5 Å². The van der Waals surface area contributed by atoms with Gasteiger partial charge >= 0.3 is 5.97 Å². The summed E-state index contributed by atoms with van der Waals surface area (Å²) in [4.78, 5) is 11.5. The number of aliphatic hydroxyl groups is 2. The molecule has 2 N–H and O–H groups in total. The fourth-order valence-electron chi connectivity index (χ4n) is 3.90. The van der Waals surface area contributed by atoms with E-state index in [2.05, 4.69) is 25.2 Å². The van der Waals surface area contributed by atoms with Gasteiger partial charge in [0.2, 0.25) is 0 Å². The Hall–Kier alpha value is -0.870. The number of allylic oxidation sites excluding steroid dienone is 1. The van der Waals surface area contributed by atoms with Crippen molar-refractivity contribution in [1.82, 2.24) is 0 Å². The van der Waals surface area contributed by atoms with E-state index >= 15 is 0 Å². The zero-order valence-corrected chi connectivity index (χ0v) is 16.1. The van der Waals surface area contributed by atoms with Crippen LogP contribution in [0.15, 0.2) is 12.2 Å². The Balaban J connectivity index is 2.51. The third-order valence-electron chi connectivity index (χ3n) is 5.86. The Morgan fingerprint density at radius 3 is 2.62 bits per heavy atom. The number of methoxy groups -OCH3 is 1. The quantitative estimate of drug-likeness (QED) is 0.520. The zero-order chi connectivity index (χ0) is 18.5. The van der Waals surface area contributed by atoms with Crippen LogP contribution >= 0.6 is 0 Å². The monoisotopic (exact) mass is 340 g/mol. The maximum Gasteiger partial charge on any atom is 0.311 e. The van der Waals surface area contributed by atoms with E-state index in [9.17, 15) is 15.0 Å². The number of ether oxygens (including phenoxy) is 1. The van der Waals surface area contributed by atoms with Gasteiger partial charge in [0.05, 0.1) is 24.7 Å². The van der Waals surface area contributed by atoms with E-state index in [0.29, 0.717) is 25.2 Å². The number of hydrogen-bond acceptors (Lipinski definition) is 4. The molecule has 0 aliphatic heterocycles. The molecule has 0 amide bonds. The number of carbonyl (C=O) groups is 1. The molecule has 4 nitrogen and oxygen atoms in total. The molecule has 0 aromatic heterocycles. The predicted molar refractivity (Wildman–Crippen MR) is 96.5 cm³/mol. The average Bonchev–Trinajstić information content (AvgIpc) is 2.49. The van der Waals surface area contributed by atoms with Gasteiger partial charge in [-0.1, -0.05) is 26.0 Å². The van der Waals surface area contributed by atoms with Crippen molar-refractivity contribution in [3.63, 3.8) is 0 Å². The van der Waals surface area contributed by atoms with E-state index in [0.717, 1.165) is 12.8 Å². The number of rotatable bonds is 8. The summed E-state index contributed by atoms with van der Waals surface area (Å²) >= 11 is 0. The summed E-state index contributed by atoms with van der Waals surface area (Å²) < 4.78 is 4.66. The Labute approximate surface area is 147 Å². The number of carbonyl (C=O) groups excluding carboxylic acids is 1. The summed E-state index contributed by atoms with van der Waals surface area (Å²) in [6.07, 6.45) is 5.16. The van der Waals surface area contributed by atoms with Crippen LogP contribution in [0.3, 0.4) is 0 Å². The van der Waals surface area contributed by atoms with Crippen LogP contribution in [0, 0.1) is 17.3 Å². The zero-order valence-electron chi connectivity index (χ0n) is 16.1. The fourth-order valence-corrected chi connectivity index (χ4v) is 3.90. The van der Waals surface area contributed by atoms with Crippen LogP contribution in [0.2, 0.25) is 0 Å². The maximum atomic E-state index is 11.5. The molecule has 0 spiro atoms. The van der Waals surface area contributed by atoms with Crippen molar-refractivity contribution >= 4 is 5.97 Å². The second kappa shape index (κ2) is 8.48. The third kappa shape index (κ3) is 5.89. The average molecular weight is 341 g/mol. The van der Waals surface area contributed by atoms with Crippen LogP contribution in [0.5, 0.6) is 0 Å². The summed E-state index contributed by atoms with van der Waals surface area (Å²) in [5.74, 6) is -0.540. The van der Waals surface area contributed by atoms with Gasteiger partial charge in [-0.15, -0.1) is 0 Å². The molecule has 0 aromatic rings. The van der Waals surface area contributed by atoms with Gasteiger partial charge in [0, 0.05) is 0 Å². The fraction of sp³-hybridized carbons (Fsp3) is 0.850. The van der Waals surface area contributed by atoms with Gasteiger partial charge in [-0.2, -0.15) is 0 Å². The lowest BCUT2D eigenvalue weighted by Crippen LogP contribution is -2.34. The minimum atomic E-state index is -0.843. The molecule has 0 radical (unpaired) electrons. The molecule has 140 valence electrons. The largest absolute Gasteiger partial charge is 0.469 e. The van der Waals surface area contributed by atoms with Crippen molar-refractivity contribution in [2.24, 2.45) is 17.3 Å². The highest BCUT2D eigenvalue weighted by Gasteiger charge is 2.36. The number of aliphatic hydroxyl groups excluding tert-OH is 1. The normalized spacial score (nSPS) is 25.6. The minimum Gasteiger partial charge on any atom is -0.469 e. The van der Waals surface area contributed by atoms with E-state index < -0.39 is 23.6 Å². The van der Waals surface area contributed by atoms with E-state index in [-0.39, 0.29) is 5.41 Å². The molecule has 1 saturated carbocycles. The van der Waals surface area contributed by atoms with E-state index in [1.807, 2.05) is 6.92 Å². The van der Waals surface area contributed by atoms with Crippen LogP contribution in [-0.2, 0) is 9.53 Å². The summed E-state index contributed by atoms with van der Waals surface area (Å²) in [6, 6.07) is 0. The lowest BCUT2D eigenvalue weighted by molar-refractivity contribution is -0.149. The van der Waals surface area contributed by atoms with Crippen molar-refractivity contribution in [2.75, 3.05) is 7.11 Å². The molecule has 0 heterocycles. The smallest absolute Gasteiger partial charge is 0.311 e. The maximum absolute atomic E-state index is 11.5. The van der Waals surface area contributed by atoms with Crippen LogP contribution < -0.4 is 0 Å². The molecule has 1 fully saturated rings. The Bertz CT molecular complexity index is 439. The van der Waals surface area contributed by atoms with E-state index in [4.69, 9.17) is 0 Å². The van der Waals surface area contributed by atoms with Crippen molar-refractivity contribution < 1.29 is 19.7 Å². The van der Waals surface area contributed by atoms with Crippen LogP contribution in [0.1, 0.15) is 72.6 Å². The number of hydrogen-bond donors (Lipinski definition) is 2. The van der Waals surface area contributed by atoms with Gasteiger partial charge in [0.15, 0.2) is 0 Å². The Kier molecular flexibility index (Phi) is 7.48. The van der Waals surface area contributed by atoms with Gasteiger partial charge in [-0.3, -0.25) is 4.79 Å². The van der Waals surface area contributed by atoms with Gasteiger partial charge < -0.3 is 14.9 Å². The summed E-state index contributed by atoms with van der Waals surface area (Å²) in [7, 11) is 1.32. The standard InChI is InChI=1S/C20H36O4/c1-14-8-7-11-19(3,4)16(14)9-12-20(5,23)13-10-17(21)15(2)18(22)24-6/h15-17,21,23H,1,7-13H2,2-6H3/t15-,16+,17-,20-/m1/s1. The van der Waals surface area contributed by atoms with Crippen molar-refractivity contribution in [2.45, 2.75) is 84.3 Å². The molecule has 24 heavy (non-hydrogen) atoms. The van der Waals surface area contributed by atoms with Gasteiger partial charge in [-0.25, -0.2) is 0 Å². The first kappa shape index (κ1) is 21.2. The van der Waals surface area contributed by atoms with Crippen molar-refractivity contribution in [3.05, 3.63) is 12.2 Å². The molecule has 0 bridgehead atoms. The lowest BCUT2D eigenvalue weighted by atomic mass is 9.64. The molecular formula is C20H36O4. The first-order valence-electron chi connectivity index (χ1n) is 9.16. The first-order valence-corrected chi connectivity index (χ1v) is 9.16. The predicted octanol–water partition coefficient (Wildman–Crippen LogP) is 3.85. The molecule has 1 rings (SSSR count). The molecular weight excluding hydrogens is 304 g/mol. The minimum absolute atomic E-state index is 0.240. The molecule has 4 atom stereocenters. The van der Waals surface area contributed by atoms with Gasteiger partial charge in [0.1, 0.15) is 0 Å². The lowest BCUT2D eigenvalue weighted by Gasteiger charge is -2.41. The summed E-state index contributed by atoms with van der Waals surface area (Å²) in [5, 5.41) is 20.8. The second-order valence-corrected chi connectivity index (χ2v) is 8.51. The van der Waals surface area contributed by atoms with Crippen LogP contribution in [0.25, 0.3) is 0 Å². The SMILES string of the molecule is C=C1CCCC(C)(C)[C@H]1CC[C@@](C)(O)CC[C@@H](O)[C@@H](C)C(=O)OC. The van der Waals surface area contributed by atoms with Gasteiger partial charge in [-0.05, 0) is 70.1 Å². The molecule has 0 aromatic carbocycles. The molecule has 0 unspecified atom stereocenters. The molecule has 0 saturated heterocycles. The van der Waals surface area contributed by atoms with Gasteiger partial charge in [0.25, 0.3) is 0 Å². The van der Waals surface area contributed by atoms with Crippen LogP contribution in [-0.4, -0.2) is 35.0 Å². The highest BCUT2D eigenvalue weighted by atomic mass is 16.5. The highest BCUT2D eigenvalue weighted by molar-refractivity contribution is 5.72.